The second kappa shape index (κ2) is 4.44. The summed E-state index contributed by atoms with van der Waals surface area (Å²) in [6, 6.07) is 7.06. The van der Waals surface area contributed by atoms with E-state index in [1.807, 2.05) is 12.1 Å². The summed E-state index contributed by atoms with van der Waals surface area (Å²) in [4.78, 5) is 0. The molecule has 1 aromatic rings. The van der Waals surface area contributed by atoms with Gasteiger partial charge in [-0.2, -0.15) is 0 Å². The third kappa shape index (κ3) is 2.47. The molecule has 0 saturated carbocycles. The predicted molar refractivity (Wildman–Crippen MR) is 54.3 cm³/mol. The first-order chi connectivity index (χ1) is 6.61. The minimum Gasteiger partial charge on any atom is -0.508 e. The summed E-state index contributed by atoms with van der Waals surface area (Å²) in [6.07, 6.45) is 0.493. The van der Waals surface area contributed by atoms with E-state index in [9.17, 15) is 5.11 Å². The molecule has 1 unspecified atom stereocenters. The van der Waals surface area contributed by atoms with E-state index < -0.39 is 5.60 Å². The molecule has 0 bridgehead atoms. The first-order valence-corrected chi connectivity index (χ1v) is 4.54. The largest absolute Gasteiger partial charge is 0.508 e. The number of aromatic hydroxyl groups is 1. The maximum Gasteiger partial charge on any atom is 0.118 e. The highest BCUT2D eigenvalue weighted by Gasteiger charge is 2.24. The van der Waals surface area contributed by atoms with Gasteiger partial charge < -0.3 is 14.9 Å². The Morgan fingerprint density at radius 1 is 1.36 bits per heavy atom. The van der Waals surface area contributed by atoms with Gasteiger partial charge in [0.2, 0.25) is 0 Å². The number of hydrogen-bond acceptors (Lipinski definition) is 3. The van der Waals surface area contributed by atoms with Gasteiger partial charge in [-0.15, -0.1) is 0 Å². The normalized spacial score (nSPS) is 15.1. The first-order valence-electron chi connectivity index (χ1n) is 4.54. The van der Waals surface area contributed by atoms with Crippen molar-refractivity contribution in [2.75, 3.05) is 13.7 Å². The van der Waals surface area contributed by atoms with Crippen LogP contribution in [0.15, 0.2) is 24.3 Å². The van der Waals surface area contributed by atoms with Crippen molar-refractivity contribution in [1.29, 1.82) is 0 Å². The second-order valence-electron chi connectivity index (χ2n) is 3.62. The molecule has 0 aliphatic heterocycles. The van der Waals surface area contributed by atoms with Gasteiger partial charge in [-0.05, 0) is 18.6 Å². The lowest BCUT2D eigenvalue weighted by molar-refractivity contribution is -0.0371. The van der Waals surface area contributed by atoms with Gasteiger partial charge in [0, 0.05) is 13.5 Å². The van der Waals surface area contributed by atoms with Gasteiger partial charge in [0.1, 0.15) is 5.75 Å². The molecule has 1 aromatic carbocycles. The average molecular weight is 196 g/mol. The fraction of sp³-hybridized carbons (Fsp3) is 0.455. The number of ether oxygens (including phenoxy) is 1. The van der Waals surface area contributed by atoms with E-state index in [-0.39, 0.29) is 12.4 Å². The summed E-state index contributed by atoms with van der Waals surface area (Å²) in [5, 5.41) is 18.7. The van der Waals surface area contributed by atoms with Gasteiger partial charge in [0.15, 0.2) is 0 Å². The number of hydrogen-bond donors (Lipinski definition) is 2. The van der Waals surface area contributed by atoms with E-state index in [1.54, 1.807) is 26.2 Å². The van der Waals surface area contributed by atoms with Crippen LogP contribution in [0.2, 0.25) is 0 Å². The van der Waals surface area contributed by atoms with Gasteiger partial charge in [-0.1, -0.05) is 18.2 Å². The molecular formula is C11H16O3. The molecule has 0 saturated heterocycles. The number of para-hydroxylation sites is 1. The van der Waals surface area contributed by atoms with E-state index in [4.69, 9.17) is 9.84 Å². The third-order valence-electron chi connectivity index (χ3n) is 2.38. The molecule has 0 aliphatic rings. The van der Waals surface area contributed by atoms with Crippen LogP contribution in [0.4, 0.5) is 0 Å². The van der Waals surface area contributed by atoms with Gasteiger partial charge in [0.05, 0.1) is 12.2 Å². The molecule has 1 atom stereocenters. The highest BCUT2D eigenvalue weighted by molar-refractivity contribution is 5.32. The van der Waals surface area contributed by atoms with E-state index in [0.29, 0.717) is 6.42 Å². The lowest BCUT2D eigenvalue weighted by Crippen LogP contribution is -2.34. The first kappa shape index (κ1) is 11.0. The van der Waals surface area contributed by atoms with Gasteiger partial charge in [-0.25, -0.2) is 0 Å². The van der Waals surface area contributed by atoms with Crippen LogP contribution in [0, 0.1) is 0 Å². The van der Waals surface area contributed by atoms with E-state index in [2.05, 4.69) is 0 Å². The minimum absolute atomic E-state index is 0.0716. The van der Waals surface area contributed by atoms with Crippen LogP contribution in [0.25, 0.3) is 0 Å². The Labute approximate surface area is 84.0 Å². The van der Waals surface area contributed by atoms with Crippen molar-refractivity contribution in [2.45, 2.75) is 18.9 Å². The number of phenolic OH excluding ortho intramolecular Hbond substituents is 1. The molecule has 0 radical (unpaired) electrons. The lowest BCUT2D eigenvalue weighted by Gasteiger charge is -2.25. The summed E-state index contributed by atoms with van der Waals surface area (Å²) in [5.41, 5.74) is 0.157. The average Bonchev–Trinajstić information content (AvgIpc) is 2.21. The third-order valence-corrected chi connectivity index (χ3v) is 2.38. The van der Waals surface area contributed by atoms with Crippen LogP contribution >= 0.6 is 0 Å². The standard InChI is InChI=1S/C11H16O3/c1-11(8-12,14-2)7-9-5-3-4-6-10(9)13/h3-6,12-13H,7-8H2,1-2H3. The molecule has 0 amide bonds. The quantitative estimate of drug-likeness (QED) is 0.763. The monoisotopic (exact) mass is 196 g/mol. The highest BCUT2D eigenvalue weighted by atomic mass is 16.5. The molecule has 2 N–H and O–H groups in total. The van der Waals surface area contributed by atoms with Crippen molar-refractivity contribution in [2.24, 2.45) is 0 Å². The summed E-state index contributed by atoms with van der Waals surface area (Å²) >= 11 is 0. The number of phenols is 1. The van der Waals surface area contributed by atoms with E-state index in [1.165, 1.54) is 0 Å². The molecule has 0 fully saturated rings. The smallest absolute Gasteiger partial charge is 0.118 e. The van der Waals surface area contributed by atoms with Crippen LogP contribution in [0.1, 0.15) is 12.5 Å². The zero-order valence-electron chi connectivity index (χ0n) is 8.53. The van der Waals surface area contributed by atoms with Crippen molar-refractivity contribution in [3.05, 3.63) is 29.8 Å². The van der Waals surface area contributed by atoms with Crippen molar-refractivity contribution in [3.63, 3.8) is 0 Å². The molecule has 14 heavy (non-hydrogen) atoms. The zero-order chi connectivity index (χ0) is 10.6. The molecule has 0 heterocycles. The predicted octanol–water partition coefficient (Wildman–Crippen LogP) is 1.33. The minimum atomic E-state index is -0.626. The van der Waals surface area contributed by atoms with Crippen LogP contribution in [0.3, 0.4) is 0 Å². The Hall–Kier alpha value is -1.06. The summed E-state index contributed by atoms with van der Waals surface area (Å²) < 4.78 is 5.18. The van der Waals surface area contributed by atoms with Crippen molar-refractivity contribution < 1.29 is 14.9 Å². The van der Waals surface area contributed by atoms with Crippen molar-refractivity contribution in [3.8, 4) is 5.75 Å². The van der Waals surface area contributed by atoms with E-state index >= 15 is 0 Å². The Bertz CT molecular complexity index is 292. The van der Waals surface area contributed by atoms with E-state index in [0.717, 1.165) is 5.56 Å². The number of aliphatic hydroxyl groups is 1. The van der Waals surface area contributed by atoms with Crippen molar-refractivity contribution in [1.82, 2.24) is 0 Å². The molecule has 0 aromatic heterocycles. The van der Waals surface area contributed by atoms with Crippen molar-refractivity contribution >= 4 is 0 Å². The van der Waals surface area contributed by atoms with Crippen LogP contribution in [0.5, 0.6) is 5.75 Å². The number of methoxy groups -OCH3 is 1. The van der Waals surface area contributed by atoms with Gasteiger partial charge in [-0.3, -0.25) is 0 Å². The topological polar surface area (TPSA) is 49.7 Å². The Morgan fingerprint density at radius 3 is 2.50 bits per heavy atom. The molecule has 78 valence electrons. The molecule has 0 spiro atoms. The fourth-order valence-corrected chi connectivity index (χ4v) is 1.26. The van der Waals surface area contributed by atoms with Gasteiger partial charge >= 0.3 is 0 Å². The molecule has 0 aliphatic carbocycles. The number of aliphatic hydroxyl groups excluding tert-OH is 1. The Kier molecular flexibility index (Phi) is 3.49. The van der Waals surface area contributed by atoms with Crippen LogP contribution < -0.4 is 0 Å². The molecule has 3 nitrogen and oxygen atoms in total. The second-order valence-corrected chi connectivity index (χ2v) is 3.62. The summed E-state index contributed by atoms with van der Waals surface area (Å²) in [7, 11) is 1.55. The SMILES string of the molecule is COC(C)(CO)Cc1ccccc1O. The molecular weight excluding hydrogens is 180 g/mol. The molecule has 3 heteroatoms. The van der Waals surface area contributed by atoms with Crippen LogP contribution in [-0.4, -0.2) is 29.5 Å². The summed E-state index contributed by atoms with van der Waals surface area (Å²) in [5.74, 6) is 0.240. The number of benzene rings is 1. The lowest BCUT2D eigenvalue weighted by atomic mass is 9.96. The Morgan fingerprint density at radius 2 is 2.00 bits per heavy atom. The maximum absolute atomic E-state index is 9.53. The fourth-order valence-electron chi connectivity index (χ4n) is 1.26. The van der Waals surface area contributed by atoms with Gasteiger partial charge in [0.25, 0.3) is 0 Å². The van der Waals surface area contributed by atoms with Crippen LogP contribution in [-0.2, 0) is 11.2 Å². The highest BCUT2D eigenvalue weighted by Crippen LogP contribution is 2.23. The molecule has 1 rings (SSSR count). The maximum atomic E-state index is 9.53. The Balaban J connectivity index is 2.82. The zero-order valence-corrected chi connectivity index (χ0v) is 8.53. The summed E-state index contributed by atoms with van der Waals surface area (Å²) in [6.45, 7) is 1.73. The number of rotatable bonds is 4.